The van der Waals surface area contributed by atoms with Crippen LogP contribution in [0.2, 0.25) is 0 Å². The molecule has 1 aromatic carbocycles. The van der Waals surface area contributed by atoms with E-state index in [1.807, 2.05) is 39.5 Å². The first kappa shape index (κ1) is 15.2. The van der Waals surface area contributed by atoms with Crippen LogP contribution in [0.1, 0.15) is 23.9 Å². The molecule has 0 unspecified atom stereocenters. The normalized spacial score (nSPS) is 18.5. The van der Waals surface area contributed by atoms with E-state index in [-0.39, 0.29) is 0 Å². The summed E-state index contributed by atoms with van der Waals surface area (Å²) in [5.74, 6) is 0. The molecule has 25 heavy (non-hydrogen) atoms. The summed E-state index contributed by atoms with van der Waals surface area (Å²) < 4.78 is 5.88. The van der Waals surface area contributed by atoms with Crippen molar-refractivity contribution >= 4 is 39.4 Å². The molecule has 1 saturated heterocycles. The van der Waals surface area contributed by atoms with Gasteiger partial charge in [-0.05, 0) is 49.3 Å². The average Bonchev–Trinajstić information content (AvgIpc) is 3.33. The maximum Gasteiger partial charge on any atom is 0.203 e. The van der Waals surface area contributed by atoms with Gasteiger partial charge in [-0.3, -0.25) is 9.30 Å². The van der Waals surface area contributed by atoms with Crippen LogP contribution in [0.15, 0.2) is 48.7 Å². The molecule has 3 aromatic heterocycles. The third-order valence-corrected chi connectivity index (χ3v) is 6.31. The van der Waals surface area contributed by atoms with Gasteiger partial charge in [0.05, 0.1) is 22.9 Å². The molecule has 1 aliphatic heterocycles. The van der Waals surface area contributed by atoms with Gasteiger partial charge in [0.1, 0.15) is 5.01 Å². The zero-order valence-corrected chi connectivity index (χ0v) is 15.2. The molecule has 1 fully saturated rings. The molecule has 4 heterocycles. The molecule has 0 spiro atoms. The van der Waals surface area contributed by atoms with Gasteiger partial charge < -0.3 is 0 Å². The van der Waals surface area contributed by atoms with E-state index in [0.29, 0.717) is 12.7 Å². The van der Waals surface area contributed by atoms with Crippen LogP contribution in [0.4, 0.5) is 0 Å². The fraction of sp³-hybridized carbons (Fsp3) is 0.278. The van der Waals surface area contributed by atoms with Crippen molar-refractivity contribution in [3.05, 3.63) is 58.4 Å². The highest BCUT2D eigenvalue weighted by Gasteiger charge is 2.29. The van der Waals surface area contributed by atoms with Crippen molar-refractivity contribution in [1.82, 2.24) is 24.1 Å². The highest BCUT2D eigenvalue weighted by molar-refractivity contribution is 7.71. The standard InChI is InChI=1S/C18H17N5S2/c24-18-22-11-4-3-9-16(22)20-23(18)12-21-10-5-7-14(21)17-19-13-6-1-2-8-15(13)25-17/h1-4,6,8-9,11,14H,5,7,10,12H2/t14-/m1/s1. The molecule has 0 bridgehead atoms. The van der Waals surface area contributed by atoms with Crippen LogP contribution >= 0.6 is 23.6 Å². The van der Waals surface area contributed by atoms with Crippen molar-refractivity contribution in [3.8, 4) is 0 Å². The lowest BCUT2D eigenvalue weighted by molar-refractivity contribution is 0.190. The van der Waals surface area contributed by atoms with Crippen LogP contribution in [-0.4, -0.2) is 30.6 Å². The summed E-state index contributed by atoms with van der Waals surface area (Å²) in [6.45, 7) is 1.76. The van der Waals surface area contributed by atoms with E-state index in [1.54, 1.807) is 11.3 Å². The zero-order chi connectivity index (χ0) is 16.8. The van der Waals surface area contributed by atoms with Crippen LogP contribution in [0.25, 0.3) is 15.9 Å². The number of fused-ring (bicyclic) bond motifs is 2. The summed E-state index contributed by atoms with van der Waals surface area (Å²) in [4.78, 5) is 7.31. The number of benzene rings is 1. The quantitative estimate of drug-likeness (QED) is 0.507. The Morgan fingerprint density at radius 2 is 2.04 bits per heavy atom. The van der Waals surface area contributed by atoms with Crippen molar-refractivity contribution in [1.29, 1.82) is 0 Å². The van der Waals surface area contributed by atoms with E-state index in [2.05, 4.69) is 28.2 Å². The molecular formula is C18H17N5S2. The van der Waals surface area contributed by atoms with Crippen molar-refractivity contribution in [2.24, 2.45) is 0 Å². The SMILES string of the molecule is S=c1n(CN2CCC[C@@H]2c2nc3ccccc3s2)nc2ccccn12. The van der Waals surface area contributed by atoms with Gasteiger partial charge in [-0.15, -0.1) is 11.3 Å². The number of hydrogen-bond acceptors (Lipinski definition) is 5. The zero-order valence-electron chi connectivity index (χ0n) is 13.6. The Balaban J connectivity index is 1.48. The lowest BCUT2D eigenvalue weighted by atomic mass is 10.2. The Hall–Kier alpha value is -2.09. The van der Waals surface area contributed by atoms with Crippen LogP contribution < -0.4 is 0 Å². The minimum Gasteiger partial charge on any atom is -0.275 e. The van der Waals surface area contributed by atoms with E-state index in [0.717, 1.165) is 28.9 Å². The predicted octanol–water partition coefficient (Wildman–Crippen LogP) is 4.27. The number of likely N-dealkylation sites (tertiary alicyclic amines) is 1. The Morgan fingerprint density at radius 3 is 2.92 bits per heavy atom. The Kier molecular flexibility index (Phi) is 3.65. The van der Waals surface area contributed by atoms with Crippen molar-refractivity contribution in [2.45, 2.75) is 25.6 Å². The molecule has 0 amide bonds. The van der Waals surface area contributed by atoms with Crippen molar-refractivity contribution in [2.75, 3.05) is 6.54 Å². The van der Waals surface area contributed by atoms with Gasteiger partial charge in [0, 0.05) is 12.7 Å². The van der Waals surface area contributed by atoms with Gasteiger partial charge in [-0.2, -0.15) is 5.10 Å². The molecule has 0 saturated carbocycles. The van der Waals surface area contributed by atoms with Gasteiger partial charge in [0.15, 0.2) is 5.65 Å². The third-order valence-electron chi connectivity index (χ3n) is 4.76. The number of rotatable bonds is 3. The fourth-order valence-electron chi connectivity index (χ4n) is 3.54. The molecule has 126 valence electrons. The van der Waals surface area contributed by atoms with E-state index in [9.17, 15) is 0 Å². The number of nitrogens with zero attached hydrogens (tertiary/aromatic N) is 5. The van der Waals surface area contributed by atoms with E-state index in [1.165, 1.54) is 16.1 Å². The molecule has 0 N–H and O–H groups in total. The summed E-state index contributed by atoms with van der Waals surface area (Å²) in [7, 11) is 0. The second kappa shape index (κ2) is 6.01. The number of pyridine rings is 1. The van der Waals surface area contributed by atoms with Gasteiger partial charge in [0.2, 0.25) is 4.77 Å². The van der Waals surface area contributed by atoms with Crippen molar-refractivity contribution in [3.63, 3.8) is 0 Å². The second-order valence-corrected chi connectivity index (χ2v) is 7.77. The van der Waals surface area contributed by atoms with Gasteiger partial charge in [-0.1, -0.05) is 18.2 Å². The highest BCUT2D eigenvalue weighted by Crippen LogP contribution is 2.36. The summed E-state index contributed by atoms with van der Waals surface area (Å²) >= 11 is 7.40. The molecule has 5 nitrogen and oxygen atoms in total. The Morgan fingerprint density at radius 1 is 1.16 bits per heavy atom. The summed E-state index contributed by atoms with van der Waals surface area (Å²) in [5.41, 5.74) is 1.99. The second-order valence-electron chi connectivity index (χ2n) is 6.34. The van der Waals surface area contributed by atoms with Crippen LogP contribution in [0, 0.1) is 4.77 Å². The first-order valence-corrected chi connectivity index (χ1v) is 9.66. The van der Waals surface area contributed by atoms with E-state index >= 15 is 0 Å². The number of aromatic nitrogens is 4. The van der Waals surface area contributed by atoms with E-state index in [4.69, 9.17) is 17.2 Å². The van der Waals surface area contributed by atoms with Crippen LogP contribution in [0.3, 0.4) is 0 Å². The predicted molar refractivity (Wildman–Crippen MR) is 102 cm³/mol. The van der Waals surface area contributed by atoms with Gasteiger partial charge >= 0.3 is 0 Å². The molecule has 0 radical (unpaired) electrons. The molecule has 1 atom stereocenters. The monoisotopic (exact) mass is 367 g/mol. The summed E-state index contributed by atoms with van der Waals surface area (Å²) in [6.07, 6.45) is 4.29. The highest BCUT2D eigenvalue weighted by atomic mass is 32.1. The molecule has 1 aliphatic rings. The molecular weight excluding hydrogens is 350 g/mol. The first-order chi connectivity index (χ1) is 12.3. The average molecular weight is 368 g/mol. The van der Waals surface area contributed by atoms with Crippen molar-refractivity contribution < 1.29 is 0 Å². The summed E-state index contributed by atoms with van der Waals surface area (Å²) in [6, 6.07) is 14.7. The van der Waals surface area contributed by atoms with Crippen LogP contribution in [-0.2, 0) is 6.67 Å². The third kappa shape index (κ3) is 2.59. The van der Waals surface area contributed by atoms with Crippen LogP contribution in [0.5, 0.6) is 0 Å². The maximum absolute atomic E-state index is 5.59. The lowest BCUT2D eigenvalue weighted by Gasteiger charge is -2.22. The number of thiazole rings is 1. The molecule has 5 rings (SSSR count). The minimum absolute atomic E-state index is 0.351. The van der Waals surface area contributed by atoms with Gasteiger partial charge in [-0.25, -0.2) is 9.67 Å². The minimum atomic E-state index is 0.351. The molecule has 4 aromatic rings. The number of para-hydroxylation sites is 1. The Labute approximate surface area is 154 Å². The van der Waals surface area contributed by atoms with Gasteiger partial charge in [0.25, 0.3) is 0 Å². The largest absolute Gasteiger partial charge is 0.275 e. The fourth-order valence-corrected chi connectivity index (χ4v) is 4.93. The van der Waals surface area contributed by atoms with E-state index < -0.39 is 0 Å². The summed E-state index contributed by atoms with van der Waals surface area (Å²) in [5, 5.41) is 5.87. The molecule has 0 aliphatic carbocycles. The maximum atomic E-state index is 5.59. The lowest BCUT2D eigenvalue weighted by Crippen LogP contribution is -2.26. The first-order valence-electron chi connectivity index (χ1n) is 8.43. The molecule has 7 heteroatoms. The Bertz CT molecular complexity index is 1080. The smallest absolute Gasteiger partial charge is 0.203 e. The topological polar surface area (TPSA) is 38.4 Å². The number of hydrogen-bond donors (Lipinski definition) is 0.